The first-order chi connectivity index (χ1) is 14.6. The van der Waals surface area contributed by atoms with Gasteiger partial charge in [-0.3, -0.25) is 0 Å². The number of nitrogens with zero attached hydrogens (tertiary/aromatic N) is 1. The SMILES string of the molecule is COc1cccc([C@@H](C)N[CH]c2ccc(OC)c(-c3ccc4oc(C)nc4c3)c2)c1. The summed E-state index contributed by atoms with van der Waals surface area (Å²) in [7, 11) is 3.37. The van der Waals surface area contributed by atoms with E-state index in [9.17, 15) is 0 Å². The predicted octanol–water partition coefficient (Wildman–Crippen LogP) is 5.68. The minimum Gasteiger partial charge on any atom is -0.497 e. The van der Waals surface area contributed by atoms with E-state index in [1.54, 1.807) is 14.2 Å². The Morgan fingerprint density at radius 2 is 1.87 bits per heavy atom. The highest BCUT2D eigenvalue weighted by molar-refractivity contribution is 5.82. The maximum atomic E-state index is 5.60. The van der Waals surface area contributed by atoms with Crippen LogP contribution in [0.2, 0.25) is 0 Å². The molecule has 0 fully saturated rings. The fraction of sp³-hybridized carbons (Fsp3) is 0.200. The van der Waals surface area contributed by atoms with E-state index in [2.05, 4.69) is 29.4 Å². The lowest BCUT2D eigenvalue weighted by molar-refractivity contribution is 0.413. The smallest absolute Gasteiger partial charge is 0.192 e. The van der Waals surface area contributed by atoms with E-state index in [4.69, 9.17) is 13.9 Å². The maximum absolute atomic E-state index is 5.60. The summed E-state index contributed by atoms with van der Waals surface area (Å²) in [5.74, 6) is 2.32. The number of hydrogen-bond acceptors (Lipinski definition) is 5. The topological polar surface area (TPSA) is 56.5 Å². The number of nitrogens with one attached hydrogen (secondary N) is 1. The van der Waals surface area contributed by atoms with Crippen molar-refractivity contribution in [1.82, 2.24) is 10.3 Å². The summed E-state index contributed by atoms with van der Waals surface area (Å²) in [5, 5.41) is 3.47. The molecule has 0 aliphatic heterocycles. The van der Waals surface area contributed by atoms with Crippen LogP contribution >= 0.6 is 0 Å². The van der Waals surface area contributed by atoms with Gasteiger partial charge >= 0.3 is 0 Å². The van der Waals surface area contributed by atoms with Crippen LogP contribution in [0.25, 0.3) is 22.2 Å². The number of fused-ring (bicyclic) bond motifs is 1. The number of benzene rings is 3. The van der Waals surface area contributed by atoms with Gasteiger partial charge in [-0.05, 0) is 60.0 Å². The molecule has 0 bridgehead atoms. The third-order valence-electron chi connectivity index (χ3n) is 5.12. The summed E-state index contributed by atoms with van der Waals surface area (Å²) in [4.78, 5) is 4.45. The molecule has 4 aromatic rings. The van der Waals surface area contributed by atoms with Crippen molar-refractivity contribution in [2.45, 2.75) is 19.9 Å². The van der Waals surface area contributed by atoms with Gasteiger partial charge in [-0.2, -0.15) is 0 Å². The van der Waals surface area contributed by atoms with Crippen LogP contribution in [0.4, 0.5) is 0 Å². The Morgan fingerprint density at radius 1 is 1.00 bits per heavy atom. The van der Waals surface area contributed by atoms with Crippen molar-refractivity contribution in [3.05, 3.63) is 84.2 Å². The van der Waals surface area contributed by atoms with Gasteiger partial charge in [-0.15, -0.1) is 0 Å². The molecule has 1 radical (unpaired) electrons. The first-order valence-electron chi connectivity index (χ1n) is 9.86. The second-order valence-electron chi connectivity index (χ2n) is 7.18. The molecule has 1 heterocycles. The fourth-order valence-electron chi connectivity index (χ4n) is 3.48. The Balaban J connectivity index is 1.57. The summed E-state index contributed by atoms with van der Waals surface area (Å²) in [6.07, 6.45) is 0. The van der Waals surface area contributed by atoms with Crippen molar-refractivity contribution in [2.75, 3.05) is 14.2 Å². The molecule has 30 heavy (non-hydrogen) atoms. The molecular formula is C25H25N2O3. The van der Waals surface area contributed by atoms with Crippen molar-refractivity contribution >= 4 is 11.1 Å². The van der Waals surface area contributed by atoms with E-state index >= 15 is 0 Å². The van der Waals surface area contributed by atoms with E-state index in [1.165, 1.54) is 0 Å². The molecule has 1 aromatic heterocycles. The van der Waals surface area contributed by atoms with E-state index in [0.717, 1.165) is 44.9 Å². The molecule has 0 aliphatic rings. The van der Waals surface area contributed by atoms with Gasteiger partial charge in [0.2, 0.25) is 0 Å². The first kappa shape index (κ1) is 20.0. The molecule has 5 heteroatoms. The lowest BCUT2D eigenvalue weighted by Gasteiger charge is -2.16. The zero-order valence-electron chi connectivity index (χ0n) is 17.6. The minimum atomic E-state index is 0.139. The van der Waals surface area contributed by atoms with Gasteiger partial charge in [0, 0.05) is 18.5 Å². The Hall–Kier alpha value is -3.31. The lowest BCUT2D eigenvalue weighted by atomic mass is 10.0. The van der Waals surface area contributed by atoms with Crippen LogP contribution in [0.5, 0.6) is 11.5 Å². The van der Waals surface area contributed by atoms with Crippen LogP contribution in [0.3, 0.4) is 0 Å². The second-order valence-corrected chi connectivity index (χ2v) is 7.18. The minimum absolute atomic E-state index is 0.139. The molecule has 4 rings (SSSR count). The van der Waals surface area contributed by atoms with Crippen molar-refractivity contribution in [3.63, 3.8) is 0 Å². The molecule has 0 saturated heterocycles. The Labute approximate surface area is 176 Å². The number of hydrogen-bond donors (Lipinski definition) is 1. The Kier molecular flexibility index (Phi) is 5.72. The number of methoxy groups -OCH3 is 2. The largest absolute Gasteiger partial charge is 0.497 e. The Bertz CT molecular complexity index is 1170. The third kappa shape index (κ3) is 4.16. The van der Waals surface area contributed by atoms with Crippen LogP contribution in [0, 0.1) is 13.5 Å². The summed E-state index contributed by atoms with van der Waals surface area (Å²) >= 11 is 0. The summed E-state index contributed by atoms with van der Waals surface area (Å²) < 4.78 is 16.5. The quantitative estimate of drug-likeness (QED) is 0.432. The molecule has 0 saturated carbocycles. The number of ether oxygens (including phenoxy) is 2. The molecule has 0 unspecified atom stereocenters. The lowest BCUT2D eigenvalue weighted by Crippen LogP contribution is -2.16. The van der Waals surface area contributed by atoms with Crippen LogP contribution in [-0.2, 0) is 0 Å². The van der Waals surface area contributed by atoms with Gasteiger partial charge in [0.1, 0.15) is 17.0 Å². The number of aryl methyl sites for hydroxylation is 1. The highest BCUT2D eigenvalue weighted by Crippen LogP contribution is 2.33. The third-order valence-corrected chi connectivity index (χ3v) is 5.12. The molecule has 0 amide bonds. The highest BCUT2D eigenvalue weighted by atomic mass is 16.5. The summed E-state index contributed by atoms with van der Waals surface area (Å²) in [6.45, 7) is 5.99. The molecule has 0 aliphatic carbocycles. The summed E-state index contributed by atoms with van der Waals surface area (Å²) in [6, 6.07) is 20.3. The van der Waals surface area contributed by atoms with Crippen LogP contribution in [-0.4, -0.2) is 19.2 Å². The van der Waals surface area contributed by atoms with Crippen LogP contribution in [0.1, 0.15) is 30.0 Å². The molecule has 5 nitrogen and oxygen atoms in total. The molecule has 3 aromatic carbocycles. The first-order valence-corrected chi connectivity index (χ1v) is 9.86. The Morgan fingerprint density at radius 3 is 2.67 bits per heavy atom. The van der Waals surface area contributed by atoms with Gasteiger partial charge in [0.25, 0.3) is 0 Å². The van der Waals surface area contributed by atoms with Gasteiger partial charge < -0.3 is 19.2 Å². The molecule has 1 N–H and O–H groups in total. The number of rotatable bonds is 7. The molecule has 0 spiro atoms. The van der Waals surface area contributed by atoms with E-state index in [1.807, 2.05) is 62.0 Å². The van der Waals surface area contributed by atoms with Gasteiger partial charge in [-0.25, -0.2) is 4.98 Å². The predicted molar refractivity (Wildman–Crippen MR) is 119 cm³/mol. The van der Waals surface area contributed by atoms with E-state index in [-0.39, 0.29) is 6.04 Å². The van der Waals surface area contributed by atoms with E-state index in [0.29, 0.717) is 5.89 Å². The van der Waals surface area contributed by atoms with Crippen LogP contribution in [0.15, 0.2) is 65.1 Å². The summed E-state index contributed by atoms with van der Waals surface area (Å²) in [5.41, 5.74) is 5.87. The maximum Gasteiger partial charge on any atom is 0.192 e. The normalized spacial score (nSPS) is 12.1. The van der Waals surface area contributed by atoms with Crippen molar-refractivity contribution in [1.29, 1.82) is 0 Å². The van der Waals surface area contributed by atoms with Gasteiger partial charge in [-0.1, -0.05) is 24.3 Å². The van der Waals surface area contributed by atoms with E-state index < -0.39 is 0 Å². The van der Waals surface area contributed by atoms with Crippen LogP contribution < -0.4 is 14.8 Å². The second kappa shape index (κ2) is 8.59. The van der Waals surface area contributed by atoms with Crippen molar-refractivity contribution in [2.24, 2.45) is 0 Å². The average molecular weight is 401 g/mol. The highest BCUT2D eigenvalue weighted by Gasteiger charge is 2.12. The molecular weight excluding hydrogens is 376 g/mol. The monoisotopic (exact) mass is 401 g/mol. The average Bonchev–Trinajstić information content (AvgIpc) is 3.16. The standard InChI is InChI=1S/C25H25N2O3/c1-16(19-6-5-7-21(13-19)28-3)26-15-18-8-10-24(29-4)22(12-18)20-9-11-25-23(14-20)27-17(2)30-25/h5-16,26H,1-4H3/t16-/m1/s1. The van der Waals surface area contributed by atoms with Crippen molar-refractivity contribution in [3.8, 4) is 22.6 Å². The fourth-order valence-corrected chi connectivity index (χ4v) is 3.48. The molecule has 1 atom stereocenters. The number of aromatic nitrogens is 1. The van der Waals surface area contributed by atoms with Crippen molar-refractivity contribution < 1.29 is 13.9 Å². The zero-order valence-corrected chi connectivity index (χ0v) is 17.6. The number of oxazole rings is 1. The molecule has 153 valence electrons. The zero-order chi connectivity index (χ0) is 21.1. The van der Waals surface area contributed by atoms with Gasteiger partial charge in [0.05, 0.1) is 20.8 Å². The van der Waals surface area contributed by atoms with Gasteiger partial charge in [0.15, 0.2) is 11.5 Å².